The third kappa shape index (κ3) is 0.905. The molecule has 0 aliphatic carbocycles. The standard InChI is InChI=1S/C7H6OSe2/c1-8-5-4-10-6-2-3-9-7(5)6/h2-4H,1H3. The molecule has 0 radical (unpaired) electrons. The van der Waals surface area contributed by atoms with Gasteiger partial charge in [-0.2, -0.15) is 0 Å². The van der Waals surface area contributed by atoms with E-state index in [2.05, 4.69) is 15.9 Å². The Balaban J connectivity index is 2.76. The Hall–Kier alpha value is 0.0590. The Kier molecular flexibility index (Phi) is 1.75. The van der Waals surface area contributed by atoms with E-state index in [-0.39, 0.29) is 0 Å². The molecule has 2 aromatic rings. The van der Waals surface area contributed by atoms with Crippen LogP contribution in [0.2, 0.25) is 0 Å². The number of ether oxygens (including phenoxy) is 1. The minimum atomic E-state index is 0.565. The van der Waals surface area contributed by atoms with Gasteiger partial charge in [0.15, 0.2) is 0 Å². The fraction of sp³-hybridized carbons (Fsp3) is 0.143. The van der Waals surface area contributed by atoms with E-state index < -0.39 is 0 Å². The molecule has 0 fully saturated rings. The second-order valence-electron chi connectivity index (χ2n) is 1.92. The van der Waals surface area contributed by atoms with Crippen molar-refractivity contribution in [2.75, 3.05) is 7.11 Å². The van der Waals surface area contributed by atoms with Gasteiger partial charge in [0.05, 0.1) is 0 Å². The average molecular weight is 264 g/mol. The predicted molar refractivity (Wildman–Crippen MR) is 44.4 cm³/mol. The first-order valence-corrected chi connectivity index (χ1v) is 6.59. The average Bonchev–Trinajstić information content (AvgIpc) is 2.44. The molecule has 0 aliphatic heterocycles. The van der Waals surface area contributed by atoms with Crippen molar-refractivity contribution in [1.82, 2.24) is 0 Å². The topological polar surface area (TPSA) is 9.23 Å². The van der Waals surface area contributed by atoms with Crippen LogP contribution in [0.15, 0.2) is 15.9 Å². The van der Waals surface area contributed by atoms with Crippen molar-refractivity contribution in [3.05, 3.63) is 15.9 Å². The minimum absolute atomic E-state index is 0.565. The van der Waals surface area contributed by atoms with E-state index in [1.54, 1.807) is 7.11 Å². The first kappa shape index (κ1) is 6.75. The van der Waals surface area contributed by atoms with Gasteiger partial charge in [0, 0.05) is 0 Å². The molecule has 2 aromatic heterocycles. The van der Waals surface area contributed by atoms with Crippen molar-refractivity contribution in [1.29, 1.82) is 0 Å². The van der Waals surface area contributed by atoms with Crippen LogP contribution in [-0.2, 0) is 0 Å². The van der Waals surface area contributed by atoms with E-state index >= 15 is 0 Å². The molecular formula is C7H6OSe2. The molecule has 10 heavy (non-hydrogen) atoms. The fourth-order valence-electron chi connectivity index (χ4n) is 0.881. The SMILES string of the molecule is COc1c[se]c2cc[se]c12. The van der Waals surface area contributed by atoms with E-state index in [1.165, 1.54) is 8.52 Å². The summed E-state index contributed by atoms with van der Waals surface area (Å²) in [4.78, 5) is 4.49. The monoisotopic (exact) mass is 266 g/mol. The summed E-state index contributed by atoms with van der Waals surface area (Å²) >= 11 is 1.13. The van der Waals surface area contributed by atoms with Gasteiger partial charge in [0.2, 0.25) is 0 Å². The molecular weight excluding hydrogens is 258 g/mol. The van der Waals surface area contributed by atoms with E-state index in [9.17, 15) is 0 Å². The Morgan fingerprint density at radius 3 is 3.10 bits per heavy atom. The summed E-state index contributed by atoms with van der Waals surface area (Å²) in [5.74, 6) is 1.14. The quantitative estimate of drug-likeness (QED) is 0.697. The summed E-state index contributed by atoms with van der Waals surface area (Å²) in [6, 6.07) is 2.25. The summed E-state index contributed by atoms with van der Waals surface area (Å²) in [6.45, 7) is 0. The van der Waals surface area contributed by atoms with Gasteiger partial charge in [0.25, 0.3) is 0 Å². The van der Waals surface area contributed by atoms with Crippen LogP contribution >= 0.6 is 0 Å². The first-order valence-electron chi connectivity index (χ1n) is 2.90. The van der Waals surface area contributed by atoms with Gasteiger partial charge in [-0.05, 0) is 0 Å². The van der Waals surface area contributed by atoms with Crippen LogP contribution in [0.1, 0.15) is 0 Å². The van der Waals surface area contributed by atoms with Crippen LogP contribution in [0, 0.1) is 0 Å². The van der Waals surface area contributed by atoms with E-state index in [0.717, 1.165) is 5.75 Å². The van der Waals surface area contributed by atoms with Crippen LogP contribution in [0.5, 0.6) is 5.75 Å². The van der Waals surface area contributed by atoms with Gasteiger partial charge in [0.1, 0.15) is 0 Å². The molecule has 0 aliphatic rings. The van der Waals surface area contributed by atoms with Crippen molar-refractivity contribution < 1.29 is 4.74 Å². The van der Waals surface area contributed by atoms with Crippen LogP contribution in [0.3, 0.4) is 0 Å². The maximum absolute atomic E-state index is 5.22. The number of rotatable bonds is 1. The summed E-state index contributed by atoms with van der Waals surface area (Å²) in [6.07, 6.45) is 0. The molecule has 2 heterocycles. The van der Waals surface area contributed by atoms with E-state index in [1.807, 2.05) is 0 Å². The molecule has 0 spiro atoms. The molecule has 0 saturated carbocycles. The molecule has 52 valence electrons. The number of methoxy groups -OCH3 is 1. The first-order chi connectivity index (χ1) is 4.92. The van der Waals surface area contributed by atoms with Crippen molar-refractivity contribution in [3.8, 4) is 5.75 Å². The zero-order chi connectivity index (χ0) is 6.97. The summed E-state index contributed by atoms with van der Waals surface area (Å²) in [5.41, 5.74) is 0. The van der Waals surface area contributed by atoms with Crippen LogP contribution < -0.4 is 4.74 Å². The molecule has 0 amide bonds. The van der Waals surface area contributed by atoms with E-state index in [4.69, 9.17) is 4.74 Å². The van der Waals surface area contributed by atoms with Crippen molar-refractivity contribution in [2.24, 2.45) is 0 Å². The molecule has 0 aromatic carbocycles. The third-order valence-corrected chi connectivity index (χ3v) is 5.91. The molecule has 2 rings (SSSR count). The fourth-order valence-corrected chi connectivity index (χ4v) is 6.07. The number of hydrogen-bond donors (Lipinski definition) is 0. The predicted octanol–water partition coefficient (Wildman–Crippen LogP) is 0.962. The zero-order valence-corrected chi connectivity index (χ0v) is 8.88. The van der Waals surface area contributed by atoms with Gasteiger partial charge in [-0.25, -0.2) is 0 Å². The van der Waals surface area contributed by atoms with Crippen molar-refractivity contribution in [2.45, 2.75) is 0 Å². The van der Waals surface area contributed by atoms with Crippen molar-refractivity contribution in [3.63, 3.8) is 0 Å². The maximum atomic E-state index is 5.22. The van der Waals surface area contributed by atoms with Crippen molar-refractivity contribution >= 4 is 37.5 Å². The Labute approximate surface area is 71.1 Å². The second kappa shape index (κ2) is 2.59. The van der Waals surface area contributed by atoms with Crippen LogP contribution in [0.25, 0.3) is 8.52 Å². The Morgan fingerprint density at radius 1 is 1.40 bits per heavy atom. The molecule has 1 nitrogen and oxygen atoms in total. The normalized spacial score (nSPS) is 10.5. The third-order valence-electron chi connectivity index (χ3n) is 1.37. The van der Waals surface area contributed by atoms with Gasteiger partial charge < -0.3 is 0 Å². The molecule has 0 unspecified atom stereocenters. The summed E-state index contributed by atoms with van der Waals surface area (Å²) in [5, 5.41) is 0. The van der Waals surface area contributed by atoms with Gasteiger partial charge >= 0.3 is 71.1 Å². The second-order valence-corrected chi connectivity index (χ2v) is 5.75. The molecule has 0 bridgehead atoms. The zero-order valence-electron chi connectivity index (χ0n) is 5.46. The molecule has 0 N–H and O–H groups in total. The van der Waals surface area contributed by atoms with Gasteiger partial charge in [-0.1, -0.05) is 0 Å². The summed E-state index contributed by atoms with van der Waals surface area (Å²) in [7, 11) is 1.76. The van der Waals surface area contributed by atoms with Gasteiger partial charge in [-0.3, -0.25) is 0 Å². The Bertz CT molecular complexity index is 334. The molecule has 3 heteroatoms. The number of hydrogen-bond acceptors (Lipinski definition) is 1. The molecule has 0 saturated heterocycles. The van der Waals surface area contributed by atoms with Crippen LogP contribution in [-0.4, -0.2) is 36.1 Å². The Morgan fingerprint density at radius 2 is 2.30 bits per heavy atom. The van der Waals surface area contributed by atoms with Crippen LogP contribution in [0.4, 0.5) is 0 Å². The molecule has 0 atom stereocenters. The number of fused-ring (bicyclic) bond motifs is 1. The van der Waals surface area contributed by atoms with E-state index in [0.29, 0.717) is 29.0 Å². The summed E-state index contributed by atoms with van der Waals surface area (Å²) < 4.78 is 8.23. The van der Waals surface area contributed by atoms with Gasteiger partial charge in [-0.15, -0.1) is 0 Å².